The average Bonchev–Trinajstić information content (AvgIpc) is 2.41. The molecule has 6 nitrogen and oxygen atoms in total. The number of nitrogens with one attached hydrogen (secondary N) is 1. The zero-order valence-corrected chi connectivity index (χ0v) is 12.3. The lowest BCUT2D eigenvalue weighted by molar-refractivity contribution is -0.133. The van der Waals surface area contributed by atoms with E-state index in [2.05, 4.69) is 10.3 Å². The van der Waals surface area contributed by atoms with Gasteiger partial charge in [-0.2, -0.15) is 0 Å². The van der Waals surface area contributed by atoms with Crippen molar-refractivity contribution in [2.45, 2.75) is 19.4 Å². The highest BCUT2D eigenvalue weighted by Crippen LogP contribution is 2.21. The summed E-state index contributed by atoms with van der Waals surface area (Å²) in [5, 5.41) is 2.78. The zero-order valence-electron chi connectivity index (χ0n) is 12.3. The van der Waals surface area contributed by atoms with Crippen molar-refractivity contribution >= 4 is 17.6 Å². The van der Waals surface area contributed by atoms with E-state index < -0.39 is 5.54 Å². The third-order valence-electron chi connectivity index (χ3n) is 3.55. The lowest BCUT2D eigenvalue weighted by Crippen LogP contribution is -2.63. The average molecular weight is 276 g/mol. The number of hydrogen-bond donors (Lipinski definition) is 1. The monoisotopic (exact) mass is 276 g/mol. The van der Waals surface area contributed by atoms with Crippen LogP contribution in [0.4, 0.5) is 5.82 Å². The van der Waals surface area contributed by atoms with Crippen molar-refractivity contribution in [1.29, 1.82) is 0 Å². The lowest BCUT2D eigenvalue weighted by Gasteiger charge is -2.41. The molecular formula is C14H20N4O2. The fourth-order valence-corrected chi connectivity index (χ4v) is 2.19. The van der Waals surface area contributed by atoms with Gasteiger partial charge >= 0.3 is 0 Å². The van der Waals surface area contributed by atoms with E-state index in [-0.39, 0.29) is 11.8 Å². The molecule has 0 atom stereocenters. The van der Waals surface area contributed by atoms with Gasteiger partial charge in [0.15, 0.2) is 0 Å². The Morgan fingerprint density at radius 3 is 2.65 bits per heavy atom. The van der Waals surface area contributed by atoms with Gasteiger partial charge in [0.1, 0.15) is 11.4 Å². The molecule has 1 aliphatic heterocycles. The molecule has 2 amide bonds. The van der Waals surface area contributed by atoms with Gasteiger partial charge in [-0.3, -0.25) is 9.59 Å². The molecule has 2 rings (SSSR count). The van der Waals surface area contributed by atoms with E-state index in [4.69, 9.17) is 0 Å². The molecule has 0 unspecified atom stereocenters. The van der Waals surface area contributed by atoms with Crippen molar-refractivity contribution in [3.63, 3.8) is 0 Å². The summed E-state index contributed by atoms with van der Waals surface area (Å²) in [6.45, 7) is 4.49. The van der Waals surface area contributed by atoms with E-state index >= 15 is 0 Å². The van der Waals surface area contributed by atoms with Crippen molar-refractivity contribution in [1.82, 2.24) is 15.2 Å². The molecule has 2 heterocycles. The number of pyridine rings is 1. The second kappa shape index (κ2) is 5.11. The minimum Gasteiger partial charge on any atom is -0.363 e. The molecule has 0 bridgehead atoms. The Morgan fingerprint density at radius 1 is 1.40 bits per heavy atom. The predicted octanol–water partition coefficient (Wildman–Crippen LogP) is 0.498. The Bertz CT molecular complexity index is 522. The van der Waals surface area contributed by atoms with Crippen LogP contribution >= 0.6 is 0 Å². The lowest BCUT2D eigenvalue weighted by atomic mass is 9.98. The van der Waals surface area contributed by atoms with Crippen LogP contribution in [0.3, 0.4) is 0 Å². The molecule has 0 spiro atoms. The van der Waals surface area contributed by atoms with E-state index in [1.54, 1.807) is 37.1 Å². The topological polar surface area (TPSA) is 65.5 Å². The summed E-state index contributed by atoms with van der Waals surface area (Å²) in [7, 11) is 3.78. The minimum atomic E-state index is -0.838. The number of anilines is 1. The molecule has 1 N–H and O–H groups in total. The molecule has 6 heteroatoms. The SMILES string of the molecule is CN(C)c1ccc(C(=O)N2CCNC(=O)C2(C)C)cn1. The maximum absolute atomic E-state index is 12.5. The van der Waals surface area contributed by atoms with Crippen molar-refractivity contribution in [2.24, 2.45) is 0 Å². The molecule has 1 aromatic rings. The quantitative estimate of drug-likeness (QED) is 0.854. The first-order chi connectivity index (χ1) is 9.34. The minimum absolute atomic E-state index is 0.130. The van der Waals surface area contributed by atoms with Crippen LogP contribution in [0.15, 0.2) is 18.3 Å². The molecular weight excluding hydrogens is 256 g/mol. The second-order valence-electron chi connectivity index (χ2n) is 5.57. The number of hydrogen-bond acceptors (Lipinski definition) is 4. The van der Waals surface area contributed by atoms with E-state index in [0.29, 0.717) is 18.7 Å². The molecule has 20 heavy (non-hydrogen) atoms. The van der Waals surface area contributed by atoms with Crippen molar-refractivity contribution in [3.8, 4) is 0 Å². The van der Waals surface area contributed by atoms with Crippen LogP contribution in [0.2, 0.25) is 0 Å². The van der Waals surface area contributed by atoms with Crippen LogP contribution in [0.25, 0.3) is 0 Å². The number of rotatable bonds is 2. The van der Waals surface area contributed by atoms with Crippen molar-refractivity contribution < 1.29 is 9.59 Å². The highest BCUT2D eigenvalue weighted by molar-refractivity contribution is 5.99. The number of carbonyl (C=O) groups is 2. The Labute approximate surface area is 118 Å². The molecule has 0 radical (unpaired) electrons. The fraction of sp³-hybridized carbons (Fsp3) is 0.500. The van der Waals surface area contributed by atoms with Crippen LogP contribution in [0.1, 0.15) is 24.2 Å². The van der Waals surface area contributed by atoms with Crippen LogP contribution in [0, 0.1) is 0 Å². The van der Waals surface area contributed by atoms with Gasteiger partial charge < -0.3 is 15.1 Å². The Kier molecular flexibility index (Phi) is 3.65. The molecule has 0 aliphatic carbocycles. The first-order valence-electron chi connectivity index (χ1n) is 6.57. The number of nitrogens with zero attached hydrogens (tertiary/aromatic N) is 3. The van der Waals surface area contributed by atoms with Crippen molar-refractivity contribution in [3.05, 3.63) is 23.9 Å². The Morgan fingerprint density at radius 2 is 2.10 bits per heavy atom. The van der Waals surface area contributed by atoms with Gasteiger partial charge in [-0.1, -0.05) is 0 Å². The van der Waals surface area contributed by atoms with Crippen LogP contribution in [0.5, 0.6) is 0 Å². The number of piperazine rings is 1. The van der Waals surface area contributed by atoms with Crippen LogP contribution < -0.4 is 10.2 Å². The smallest absolute Gasteiger partial charge is 0.256 e. The molecule has 1 aliphatic rings. The van der Waals surface area contributed by atoms with Gasteiger partial charge in [0.05, 0.1) is 5.56 Å². The largest absolute Gasteiger partial charge is 0.363 e. The summed E-state index contributed by atoms with van der Waals surface area (Å²) in [4.78, 5) is 32.1. The first-order valence-corrected chi connectivity index (χ1v) is 6.57. The summed E-state index contributed by atoms with van der Waals surface area (Å²) in [6, 6.07) is 3.54. The Balaban J connectivity index is 2.24. The maximum atomic E-state index is 12.5. The number of amides is 2. The Hall–Kier alpha value is -2.11. The van der Waals surface area contributed by atoms with Gasteiger partial charge in [-0.05, 0) is 26.0 Å². The third-order valence-corrected chi connectivity index (χ3v) is 3.55. The van der Waals surface area contributed by atoms with Crippen molar-refractivity contribution in [2.75, 3.05) is 32.1 Å². The van der Waals surface area contributed by atoms with E-state index in [1.165, 1.54) is 0 Å². The second-order valence-corrected chi connectivity index (χ2v) is 5.57. The molecule has 108 valence electrons. The summed E-state index contributed by atoms with van der Waals surface area (Å²) < 4.78 is 0. The summed E-state index contributed by atoms with van der Waals surface area (Å²) in [5.41, 5.74) is -0.339. The molecule has 1 saturated heterocycles. The van der Waals surface area contributed by atoms with E-state index in [0.717, 1.165) is 5.82 Å². The van der Waals surface area contributed by atoms with E-state index in [1.807, 2.05) is 19.0 Å². The van der Waals surface area contributed by atoms with Gasteiger partial charge in [0.25, 0.3) is 5.91 Å². The normalized spacial score (nSPS) is 17.6. The van der Waals surface area contributed by atoms with E-state index in [9.17, 15) is 9.59 Å². The zero-order chi connectivity index (χ0) is 14.9. The predicted molar refractivity (Wildman–Crippen MR) is 76.7 cm³/mol. The standard InChI is InChI=1S/C14H20N4O2/c1-14(2)13(20)15-7-8-18(14)12(19)10-5-6-11(16-9-10)17(3)4/h5-6,9H,7-8H2,1-4H3,(H,15,20). The fourth-order valence-electron chi connectivity index (χ4n) is 2.19. The summed E-state index contributed by atoms with van der Waals surface area (Å²) in [6.07, 6.45) is 1.56. The summed E-state index contributed by atoms with van der Waals surface area (Å²) >= 11 is 0. The van der Waals surface area contributed by atoms with Gasteiger partial charge in [0, 0.05) is 33.4 Å². The molecule has 1 fully saturated rings. The highest BCUT2D eigenvalue weighted by atomic mass is 16.2. The third kappa shape index (κ3) is 2.45. The van der Waals surface area contributed by atoms with Gasteiger partial charge in [0.2, 0.25) is 5.91 Å². The molecule has 0 saturated carbocycles. The number of carbonyl (C=O) groups excluding carboxylic acids is 2. The number of aromatic nitrogens is 1. The highest BCUT2D eigenvalue weighted by Gasteiger charge is 2.40. The first kappa shape index (κ1) is 14.3. The summed E-state index contributed by atoms with van der Waals surface area (Å²) in [5.74, 6) is 0.495. The van der Waals surface area contributed by atoms with Gasteiger partial charge in [-0.25, -0.2) is 4.98 Å². The van der Waals surface area contributed by atoms with Crippen LogP contribution in [-0.2, 0) is 4.79 Å². The maximum Gasteiger partial charge on any atom is 0.256 e. The molecule has 0 aromatic carbocycles. The van der Waals surface area contributed by atoms with Crippen LogP contribution in [-0.4, -0.2) is 54.4 Å². The molecule has 1 aromatic heterocycles. The van der Waals surface area contributed by atoms with Gasteiger partial charge in [-0.15, -0.1) is 0 Å².